The number of esters is 1. The first-order valence-corrected chi connectivity index (χ1v) is 4.43. The van der Waals surface area contributed by atoms with Crippen molar-refractivity contribution in [1.29, 1.82) is 0 Å². The molecule has 1 rings (SSSR count). The summed E-state index contributed by atoms with van der Waals surface area (Å²) < 4.78 is 4.74. The Bertz CT molecular complexity index is 345. The van der Waals surface area contributed by atoms with Crippen LogP contribution in [0.5, 0.6) is 0 Å². The smallest absolute Gasteiger partial charge is 0.330 e. The van der Waals surface area contributed by atoms with Crippen molar-refractivity contribution >= 4 is 17.7 Å². The number of nitrogen functional groups attached to an aromatic ring is 1. The third-order valence-electron chi connectivity index (χ3n) is 1.68. The molecule has 0 aliphatic carbocycles. The molecular weight excluding hydrogens is 178 g/mol. The van der Waals surface area contributed by atoms with Crippen molar-refractivity contribution in [3.63, 3.8) is 0 Å². The molecular formula is C11H13NO2. The molecule has 0 aromatic heterocycles. The quantitative estimate of drug-likeness (QED) is 0.450. The van der Waals surface area contributed by atoms with Gasteiger partial charge in [-0.25, -0.2) is 4.79 Å². The number of nitrogens with two attached hydrogens (primary N) is 1. The molecule has 2 N–H and O–H groups in total. The van der Waals surface area contributed by atoms with Crippen LogP contribution in [0, 0.1) is 0 Å². The number of ether oxygens (including phenoxy) is 1. The Hall–Kier alpha value is -1.77. The molecule has 0 aliphatic heterocycles. The van der Waals surface area contributed by atoms with Gasteiger partial charge in [0.25, 0.3) is 0 Å². The molecule has 0 aliphatic rings. The van der Waals surface area contributed by atoms with E-state index in [4.69, 9.17) is 10.5 Å². The largest absolute Gasteiger partial charge is 0.463 e. The fraction of sp³-hybridized carbons (Fsp3) is 0.182. The number of hydrogen-bond acceptors (Lipinski definition) is 3. The van der Waals surface area contributed by atoms with E-state index in [2.05, 4.69) is 0 Å². The van der Waals surface area contributed by atoms with Crippen molar-refractivity contribution < 1.29 is 9.53 Å². The van der Waals surface area contributed by atoms with Crippen molar-refractivity contribution in [2.75, 3.05) is 12.3 Å². The van der Waals surface area contributed by atoms with Gasteiger partial charge in [-0.2, -0.15) is 0 Å². The van der Waals surface area contributed by atoms with Gasteiger partial charge in [0.05, 0.1) is 6.61 Å². The van der Waals surface area contributed by atoms with Gasteiger partial charge in [-0.3, -0.25) is 0 Å². The first kappa shape index (κ1) is 10.3. The first-order valence-electron chi connectivity index (χ1n) is 4.43. The molecule has 0 atom stereocenters. The number of carbonyl (C=O) groups is 1. The van der Waals surface area contributed by atoms with Crippen LogP contribution in [0.1, 0.15) is 12.5 Å². The van der Waals surface area contributed by atoms with Gasteiger partial charge in [-0.05, 0) is 24.6 Å². The fourth-order valence-electron chi connectivity index (χ4n) is 1.01. The summed E-state index contributed by atoms with van der Waals surface area (Å²) in [5.74, 6) is -0.351. The summed E-state index contributed by atoms with van der Waals surface area (Å²) in [6.07, 6.45) is 3.02. The number of carbonyl (C=O) groups excluding carboxylic acids is 1. The molecule has 74 valence electrons. The van der Waals surface area contributed by atoms with Crippen molar-refractivity contribution in [2.45, 2.75) is 6.92 Å². The molecule has 0 amide bonds. The van der Waals surface area contributed by atoms with E-state index in [0.717, 1.165) is 5.56 Å². The average Bonchev–Trinajstić information content (AvgIpc) is 2.17. The van der Waals surface area contributed by atoms with Gasteiger partial charge in [0.15, 0.2) is 0 Å². The van der Waals surface area contributed by atoms with E-state index in [0.29, 0.717) is 12.3 Å². The zero-order chi connectivity index (χ0) is 10.4. The summed E-state index contributed by atoms with van der Waals surface area (Å²) in [7, 11) is 0. The average molecular weight is 191 g/mol. The highest BCUT2D eigenvalue weighted by molar-refractivity contribution is 5.88. The van der Waals surface area contributed by atoms with Crippen molar-refractivity contribution in [1.82, 2.24) is 0 Å². The van der Waals surface area contributed by atoms with Crippen molar-refractivity contribution in [3.8, 4) is 0 Å². The topological polar surface area (TPSA) is 52.3 Å². The maximum absolute atomic E-state index is 11.0. The van der Waals surface area contributed by atoms with Gasteiger partial charge in [-0.1, -0.05) is 18.2 Å². The van der Waals surface area contributed by atoms with E-state index in [1.165, 1.54) is 6.08 Å². The van der Waals surface area contributed by atoms with Crippen LogP contribution in [0.25, 0.3) is 6.08 Å². The lowest BCUT2D eigenvalue weighted by Crippen LogP contribution is -1.98. The van der Waals surface area contributed by atoms with Gasteiger partial charge in [0, 0.05) is 11.8 Å². The van der Waals surface area contributed by atoms with Crippen LogP contribution in [0.4, 0.5) is 5.69 Å². The van der Waals surface area contributed by atoms with Crippen LogP contribution in [0.15, 0.2) is 30.3 Å². The van der Waals surface area contributed by atoms with E-state index in [1.807, 2.05) is 18.2 Å². The number of hydrogen-bond donors (Lipinski definition) is 1. The molecule has 0 bridgehead atoms. The van der Waals surface area contributed by atoms with Crippen LogP contribution in [0.3, 0.4) is 0 Å². The Morgan fingerprint density at radius 3 is 2.86 bits per heavy atom. The lowest BCUT2D eigenvalue weighted by Gasteiger charge is -1.98. The molecule has 1 aromatic carbocycles. The third kappa shape index (κ3) is 2.94. The summed E-state index contributed by atoms with van der Waals surface area (Å²) in [4.78, 5) is 11.0. The van der Waals surface area contributed by atoms with E-state index >= 15 is 0 Å². The molecule has 14 heavy (non-hydrogen) atoms. The minimum atomic E-state index is -0.351. The predicted molar refractivity (Wildman–Crippen MR) is 56.5 cm³/mol. The summed E-state index contributed by atoms with van der Waals surface area (Å²) in [6.45, 7) is 2.15. The summed E-state index contributed by atoms with van der Waals surface area (Å²) in [6, 6.07) is 7.33. The van der Waals surface area contributed by atoms with Gasteiger partial charge in [0.1, 0.15) is 0 Å². The second-order valence-corrected chi connectivity index (χ2v) is 2.71. The Balaban J connectivity index is 2.69. The van der Waals surface area contributed by atoms with E-state index in [-0.39, 0.29) is 5.97 Å². The zero-order valence-corrected chi connectivity index (χ0v) is 8.07. The molecule has 0 radical (unpaired) electrons. The third-order valence-corrected chi connectivity index (χ3v) is 1.68. The van der Waals surface area contributed by atoms with Crippen LogP contribution < -0.4 is 5.73 Å². The Morgan fingerprint density at radius 2 is 2.21 bits per heavy atom. The molecule has 0 heterocycles. The monoisotopic (exact) mass is 191 g/mol. The lowest BCUT2D eigenvalue weighted by atomic mass is 10.2. The Morgan fingerprint density at radius 1 is 1.50 bits per heavy atom. The maximum Gasteiger partial charge on any atom is 0.330 e. The summed E-state index contributed by atoms with van der Waals surface area (Å²) in [5.41, 5.74) is 7.14. The van der Waals surface area contributed by atoms with Crippen LogP contribution in [0.2, 0.25) is 0 Å². The molecule has 1 aromatic rings. The van der Waals surface area contributed by atoms with Crippen LogP contribution in [-0.2, 0) is 9.53 Å². The maximum atomic E-state index is 11.0. The number of para-hydroxylation sites is 1. The standard InChI is InChI=1S/C11H13NO2/c1-2-14-11(13)8-7-9-5-3-4-6-10(9)12/h3-8H,2,12H2,1H3/b8-7-. The predicted octanol–water partition coefficient (Wildman–Crippen LogP) is 1.85. The zero-order valence-electron chi connectivity index (χ0n) is 8.07. The van der Waals surface area contributed by atoms with E-state index < -0.39 is 0 Å². The van der Waals surface area contributed by atoms with Crippen molar-refractivity contribution in [2.24, 2.45) is 0 Å². The van der Waals surface area contributed by atoms with Crippen molar-refractivity contribution in [3.05, 3.63) is 35.9 Å². The highest BCUT2D eigenvalue weighted by Gasteiger charge is 1.95. The molecule has 0 saturated heterocycles. The first-order chi connectivity index (χ1) is 6.74. The Labute approximate surface area is 83.2 Å². The normalized spacial score (nSPS) is 10.4. The second kappa shape index (κ2) is 5.07. The number of anilines is 1. The molecule has 3 heteroatoms. The number of benzene rings is 1. The van der Waals surface area contributed by atoms with Gasteiger partial charge in [0.2, 0.25) is 0 Å². The highest BCUT2D eigenvalue weighted by Crippen LogP contribution is 2.11. The Kier molecular flexibility index (Phi) is 3.73. The minimum Gasteiger partial charge on any atom is -0.463 e. The van der Waals surface area contributed by atoms with E-state index in [9.17, 15) is 4.79 Å². The SMILES string of the molecule is CCOC(=O)/C=C\c1ccccc1N. The van der Waals surface area contributed by atoms with E-state index in [1.54, 1.807) is 19.1 Å². The minimum absolute atomic E-state index is 0.351. The number of rotatable bonds is 3. The summed E-state index contributed by atoms with van der Waals surface area (Å²) in [5, 5.41) is 0. The molecule has 0 spiro atoms. The lowest BCUT2D eigenvalue weighted by molar-refractivity contribution is -0.137. The van der Waals surface area contributed by atoms with Gasteiger partial charge in [-0.15, -0.1) is 0 Å². The molecule has 0 unspecified atom stereocenters. The highest BCUT2D eigenvalue weighted by atomic mass is 16.5. The fourth-order valence-corrected chi connectivity index (χ4v) is 1.01. The van der Waals surface area contributed by atoms with Crippen LogP contribution >= 0.6 is 0 Å². The molecule has 0 fully saturated rings. The van der Waals surface area contributed by atoms with Gasteiger partial charge < -0.3 is 10.5 Å². The van der Waals surface area contributed by atoms with Crippen LogP contribution in [-0.4, -0.2) is 12.6 Å². The second-order valence-electron chi connectivity index (χ2n) is 2.71. The molecule has 3 nitrogen and oxygen atoms in total. The van der Waals surface area contributed by atoms with Gasteiger partial charge >= 0.3 is 5.97 Å². The summed E-state index contributed by atoms with van der Waals surface area (Å²) >= 11 is 0. The molecule has 0 saturated carbocycles.